The van der Waals surface area contributed by atoms with Crippen molar-refractivity contribution < 1.29 is 18.9 Å². The molecule has 2 N–H and O–H groups in total. The van der Waals surface area contributed by atoms with Crippen LogP contribution in [0.2, 0.25) is 0 Å². The third-order valence-corrected chi connectivity index (χ3v) is 11.0. The van der Waals surface area contributed by atoms with E-state index in [1.54, 1.807) is 0 Å². The first kappa shape index (κ1) is 29.4. The van der Waals surface area contributed by atoms with Crippen LogP contribution >= 0.6 is 0 Å². The van der Waals surface area contributed by atoms with Gasteiger partial charge < -0.3 is 19.9 Å². The van der Waals surface area contributed by atoms with Crippen LogP contribution in [0.15, 0.2) is 54.6 Å². The molecule has 7 atom stereocenters. The maximum Gasteiger partial charge on any atom is 0.481 e. The number of rotatable bonds is 9. The number of aryl methyl sites for hydroxylation is 1. The second kappa shape index (κ2) is 11.5. The summed E-state index contributed by atoms with van der Waals surface area (Å²) in [6, 6.07) is 17.4. The molecule has 2 aromatic rings. The zero-order valence-electron chi connectivity index (χ0n) is 25.9. The Kier molecular flexibility index (Phi) is 8.03. The number of fused-ring (bicyclic) bond motifs is 1. The molecule has 224 valence electrons. The highest BCUT2D eigenvalue weighted by Crippen LogP contribution is 2.65. The smallest absolute Gasteiger partial charge is 0.404 e. The lowest BCUT2D eigenvalue weighted by Crippen LogP contribution is -2.65. The number of hydrogen-bond donors (Lipinski definition) is 2. The average molecular weight is 571 g/mol. The van der Waals surface area contributed by atoms with E-state index in [0.717, 1.165) is 43.2 Å². The molecular formula is C35H47BN2O4. The highest BCUT2D eigenvalue weighted by atomic mass is 16.7. The van der Waals surface area contributed by atoms with E-state index < -0.39 is 13.2 Å². The Morgan fingerprint density at radius 2 is 1.74 bits per heavy atom. The lowest BCUT2D eigenvalue weighted by molar-refractivity contribution is -0.199. The summed E-state index contributed by atoms with van der Waals surface area (Å²) in [4.78, 5) is 27.9. The van der Waals surface area contributed by atoms with E-state index in [0.29, 0.717) is 24.2 Å². The monoisotopic (exact) mass is 570 g/mol. The molecule has 42 heavy (non-hydrogen) atoms. The van der Waals surface area contributed by atoms with E-state index in [1.165, 1.54) is 12.0 Å². The minimum Gasteiger partial charge on any atom is -0.404 e. The second-order valence-electron chi connectivity index (χ2n) is 14.5. The molecule has 1 aliphatic heterocycles. The van der Waals surface area contributed by atoms with Crippen molar-refractivity contribution in [2.75, 3.05) is 0 Å². The van der Waals surface area contributed by atoms with Crippen molar-refractivity contribution in [2.24, 2.45) is 23.2 Å². The molecule has 4 aliphatic carbocycles. The van der Waals surface area contributed by atoms with Gasteiger partial charge in [0.2, 0.25) is 11.8 Å². The fourth-order valence-electron chi connectivity index (χ4n) is 8.46. The molecule has 1 saturated heterocycles. The van der Waals surface area contributed by atoms with Crippen LogP contribution in [0.1, 0.15) is 89.3 Å². The molecule has 6 nitrogen and oxygen atoms in total. The van der Waals surface area contributed by atoms with Crippen molar-refractivity contribution in [1.82, 2.24) is 10.6 Å². The fraction of sp³-hybridized carbons (Fsp3) is 0.600. The van der Waals surface area contributed by atoms with Crippen LogP contribution in [-0.4, -0.2) is 42.6 Å². The Hall–Kier alpha value is -2.64. The lowest BCUT2D eigenvalue weighted by atomic mass is 9.43. The van der Waals surface area contributed by atoms with Gasteiger partial charge in [0, 0.05) is 6.42 Å². The van der Waals surface area contributed by atoms with E-state index in [-0.39, 0.29) is 40.8 Å². The zero-order chi connectivity index (χ0) is 29.6. The normalized spacial score (nSPS) is 30.5. The van der Waals surface area contributed by atoms with Crippen molar-refractivity contribution in [3.05, 3.63) is 71.3 Å². The molecule has 2 aromatic carbocycles. The van der Waals surface area contributed by atoms with Crippen LogP contribution in [-0.2, 0) is 31.7 Å². The van der Waals surface area contributed by atoms with Gasteiger partial charge in [0.15, 0.2) is 0 Å². The summed E-state index contributed by atoms with van der Waals surface area (Å²) in [5.41, 5.74) is 3.24. The van der Waals surface area contributed by atoms with Crippen molar-refractivity contribution in [3.8, 4) is 0 Å². The molecule has 0 spiro atoms. The van der Waals surface area contributed by atoms with Gasteiger partial charge in [-0.25, -0.2) is 0 Å². The van der Waals surface area contributed by atoms with Crippen molar-refractivity contribution >= 4 is 18.9 Å². The predicted molar refractivity (Wildman–Crippen MR) is 166 cm³/mol. The molecule has 7 rings (SSSR count). The van der Waals surface area contributed by atoms with Gasteiger partial charge in [-0.2, -0.15) is 0 Å². The number of nitrogens with one attached hydrogen (secondary N) is 2. The van der Waals surface area contributed by atoms with Gasteiger partial charge in [-0.3, -0.25) is 9.59 Å². The first-order valence-corrected chi connectivity index (χ1v) is 16.1. The molecule has 1 heterocycles. The van der Waals surface area contributed by atoms with Crippen LogP contribution in [0.4, 0.5) is 0 Å². The van der Waals surface area contributed by atoms with Crippen LogP contribution in [0.3, 0.4) is 0 Å². The molecule has 3 saturated carbocycles. The number of carbonyl (C=O) groups is 2. The van der Waals surface area contributed by atoms with Gasteiger partial charge in [-0.05, 0) is 85.3 Å². The summed E-state index contributed by atoms with van der Waals surface area (Å²) < 4.78 is 13.4. The zero-order valence-corrected chi connectivity index (χ0v) is 25.9. The Balaban J connectivity index is 1.21. The summed E-state index contributed by atoms with van der Waals surface area (Å²) in [7, 11) is -0.500. The van der Waals surface area contributed by atoms with Gasteiger partial charge in [-0.1, -0.05) is 82.3 Å². The first-order valence-electron chi connectivity index (χ1n) is 16.1. The molecule has 2 bridgehead atoms. The van der Waals surface area contributed by atoms with E-state index in [1.807, 2.05) is 42.5 Å². The molecule has 2 amide bonds. The van der Waals surface area contributed by atoms with Gasteiger partial charge in [0.05, 0.1) is 23.6 Å². The van der Waals surface area contributed by atoms with Crippen LogP contribution in [0.5, 0.6) is 0 Å². The third kappa shape index (κ3) is 5.43. The maximum absolute atomic E-state index is 14.1. The minimum atomic E-state index is -0.699. The Morgan fingerprint density at radius 1 is 1.00 bits per heavy atom. The predicted octanol–water partition coefficient (Wildman–Crippen LogP) is 5.63. The summed E-state index contributed by atoms with van der Waals surface area (Å²) in [5.74, 6) is 0.655. The Labute approximate surface area is 251 Å². The summed E-state index contributed by atoms with van der Waals surface area (Å²) >= 11 is 0. The van der Waals surface area contributed by atoms with Crippen LogP contribution < -0.4 is 10.6 Å². The molecule has 4 fully saturated rings. The maximum atomic E-state index is 14.1. The Morgan fingerprint density at radius 3 is 2.48 bits per heavy atom. The molecule has 7 heteroatoms. The number of benzene rings is 2. The molecule has 3 unspecified atom stereocenters. The highest BCUT2D eigenvalue weighted by molar-refractivity contribution is 6.48. The summed E-state index contributed by atoms with van der Waals surface area (Å²) in [5, 5.41) is 6.48. The number of carbonyl (C=O) groups excluding carboxylic acids is 2. The van der Waals surface area contributed by atoms with Crippen molar-refractivity contribution in [2.45, 2.75) is 109 Å². The molecule has 0 radical (unpaired) electrons. The average Bonchev–Trinajstić information content (AvgIpc) is 3.33. The van der Waals surface area contributed by atoms with E-state index in [2.05, 4.69) is 57.4 Å². The summed E-state index contributed by atoms with van der Waals surface area (Å²) in [6.45, 7) is 11.3. The largest absolute Gasteiger partial charge is 0.481 e. The van der Waals surface area contributed by atoms with Gasteiger partial charge in [-0.15, -0.1) is 0 Å². The van der Waals surface area contributed by atoms with Gasteiger partial charge in [0.25, 0.3) is 0 Å². The molecule has 0 aromatic heterocycles. The SMILES string of the molecule is CC(C)C[C@H](NC(=O)[C@H](Cc1ccccc1)NC(=O)C1CCCc2ccccc21)B1O[C@@H]2CC3CC(C3(C)C)[C@@]2(C)O1. The quantitative estimate of drug-likeness (QED) is 0.383. The third-order valence-electron chi connectivity index (χ3n) is 11.0. The number of hydrogen-bond acceptors (Lipinski definition) is 4. The van der Waals surface area contributed by atoms with Crippen LogP contribution in [0.25, 0.3) is 0 Å². The number of amides is 2. The Bertz CT molecular complexity index is 1300. The van der Waals surface area contributed by atoms with Crippen LogP contribution in [0, 0.1) is 23.2 Å². The second-order valence-corrected chi connectivity index (χ2v) is 14.5. The summed E-state index contributed by atoms with van der Waals surface area (Å²) in [6.07, 6.45) is 6.16. The van der Waals surface area contributed by atoms with Crippen molar-refractivity contribution in [3.63, 3.8) is 0 Å². The minimum absolute atomic E-state index is 0.0528. The fourth-order valence-corrected chi connectivity index (χ4v) is 8.46. The van der Waals surface area contributed by atoms with Gasteiger partial charge in [0.1, 0.15) is 6.04 Å². The lowest BCUT2D eigenvalue weighted by Gasteiger charge is -2.64. The van der Waals surface area contributed by atoms with E-state index >= 15 is 0 Å². The highest BCUT2D eigenvalue weighted by Gasteiger charge is 2.68. The topological polar surface area (TPSA) is 76.7 Å². The molecular weight excluding hydrogens is 523 g/mol. The van der Waals surface area contributed by atoms with Gasteiger partial charge >= 0.3 is 7.12 Å². The van der Waals surface area contributed by atoms with Crippen molar-refractivity contribution in [1.29, 1.82) is 0 Å². The standard InChI is InChI=1S/C35H47BN2O4/c1-22(2)18-31(36-41-30-21-25-20-29(34(25,3)4)35(30,5)42-36)38-33(40)28(19-23-12-7-6-8-13-23)37-32(39)27-17-11-15-24-14-9-10-16-26(24)27/h6-10,12-14,16,22,25,27-31H,11,15,17-21H2,1-5H3,(H,37,39)(H,38,40)/t25?,27?,28-,29?,30+,31-,35+/m0/s1. The van der Waals surface area contributed by atoms with E-state index in [4.69, 9.17) is 9.31 Å². The van der Waals surface area contributed by atoms with E-state index in [9.17, 15) is 9.59 Å². The molecule has 5 aliphatic rings. The first-order chi connectivity index (χ1) is 20.1.